The Balaban J connectivity index is 2.21. The van der Waals surface area contributed by atoms with Gasteiger partial charge in [0.2, 0.25) is 0 Å². The van der Waals surface area contributed by atoms with Gasteiger partial charge < -0.3 is 14.8 Å². The molecule has 118 valence electrons. The van der Waals surface area contributed by atoms with Crippen LogP contribution in [0.2, 0.25) is 0 Å². The lowest BCUT2D eigenvalue weighted by molar-refractivity contribution is 0.129. The van der Waals surface area contributed by atoms with Crippen LogP contribution in [0.4, 0.5) is 0 Å². The Morgan fingerprint density at radius 1 is 1.14 bits per heavy atom. The molecule has 1 fully saturated rings. The van der Waals surface area contributed by atoms with Crippen LogP contribution in [0.5, 0.6) is 11.5 Å². The van der Waals surface area contributed by atoms with E-state index in [0.717, 1.165) is 30.5 Å². The van der Waals surface area contributed by atoms with Crippen LogP contribution >= 0.6 is 0 Å². The Morgan fingerprint density at radius 2 is 1.86 bits per heavy atom. The van der Waals surface area contributed by atoms with Gasteiger partial charge in [0.1, 0.15) is 0 Å². The van der Waals surface area contributed by atoms with E-state index in [2.05, 4.69) is 31.3 Å². The van der Waals surface area contributed by atoms with Crippen LogP contribution in [0.1, 0.15) is 45.1 Å². The van der Waals surface area contributed by atoms with E-state index < -0.39 is 0 Å². The quantitative estimate of drug-likeness (QED) is 0.791. The Morgan fingerprint density at radius 3 is 2.43 bits per heavy atom. The van der Waals surface area contributed by atoms with Crippen molar-refractivity contribution in [3.8, 4) is 11.5 Å². The summed E-state index contributed by atoms with van der Waals surface area (Å²) in [5, 5.41) is 3.55. The lowest BCUT2D eigenvalue weighted by atomic mass is 9.57. The van der Waals surface area contributed by atoms with E-state index in [4.69, 9.17) is 9.47 Å². The fraction of sp³-hybridized carbons (Fsp3) is 0.667. The number of hydrogen-bond donors (Lipinski definition) is 1. The van der Waals surface area contributed by atoms with Gasteiger partial charge in [0.25, 0.3) is 0 Å². The van der Waals surface area contributed by atoms with Crippen LogP contribution in [-0.4, -0.2) is 27.3 Å². The van der Waals surface area contributed by atoms with Crippen molar-refractivity contribution < 1.29 is 9.47 Å². The predicted octanol–water partition coefficient (Wildman–Crippen LogP) is 3.76. The maximum atomic E-state index is 5.47. The third-order valence-corrected chi connectivity index (χ3v) is 4.77. The van der Waals surface area contributed by atoms with Crippen LogP contribution in [0, 0.1) is 5.92 Å². The molecule has 3 nitrogen and oxygen atoms in total. The van der Waals surface area contributed by atoms with Crippen molar-refractivity contribution in [1.29, 1.82) is 0 Å². The monoisotopic (exact) mass is 291 g/mol. The molecule has 0 radical (unpaired) electrons. The molecule has 1 aromatic rings. The van der Waals surface area contributed by atoms with E-state index in [9.17, 15) is 0 Å². The molecule has 1 saturated carbocycles. The summed E-state index contributed by atoms with van der Waals surface area (Å²) in [7, 11) is 3.39. The van der Waals surface area contributed by atoms with Gasteiger partial charge in [-0.05, 0) is 43.0 Å². The fourth-order valence-electron chi connectivity index (χ4n) is 3.67. The summed E-state index contributed by atoms with van der Waals surface area (Å²) in [5.41, 5.74) is 1.66. The number of benzene rings is 1. The second-order valence-corrected chi connectivity index (χ2v) is 6.19. The molecule has 0 bridgehead atoms. The minimum Gasteiger partial charge on any atom is -0.493 e. The van der Waals surface area contributed by atoms with E-state index in [0.29, 0.717) is 0 Å². The fourth-order valence-corrected chi connectivity index (χ4v) is 3.67. The molecule has 0 aromatic heterocycles. The predicted molar refractivity (Wildman–Crippen MR) is 87.4 cm³/mol. The van der Waals surface area contributed by atoms with Gasteiger partial charge in [0.15, 0.2) is 11.5 Å². The summed E-state index contributed by atoms with van der Waals surface area (Å²) in [6.07, 6.45) is 5.20. The van der Waals surface area contributed by atoms with Crippen molar-refractivity contribution in [1.82, 2.24) is 5.32 Å². The highest BCUT2D eigenvalue weighted by Gasteiger charge is 2.44. The van der Waals surface area contributed by atoms with Gasteiger partial charge >= 0.3 is 0 Å². The third-order valence-electron chi connectivity index (χ3n) is 4.77. The molecule has 1 aromatic carbocycles. The molecule has 0 aliphatic heterocycles. The molecule has 0 amide bonds. The van der Waals surface area contributed by atoms with Gasteiger partial charge in [0.05, 0.1) is 14.2 Å². The van der Waals surface area contributed by atoms with Crippen LogP contribution in [0.15, 0.2) is 18.2 Å². The second kappa shape index (κ2) is 7.17. The molecule has 1 N–H and O–H groups in total. The van der Waals surface area contributed by atoms with Crippen LogP contribution < -0.4 is 14.8 Å². The van der Waals surface area contributed by atoms with E-state index in [-0.39, 0.29) is 5.41 Å². The minimum atomic E-state index is 0.273. The minimum absolute atomic E-state index is 0.273. The smallest absolute Gasteiger partial charge is 0.161 e. The molecular weight excluding hydrogens is 262 g/mol. The largest absolute Gasteiger partial charge is 0.493 e. The van der Waals surface area contributed by atoms with E-state index >= 15 is 0 Å². The zero-order valence-corrected chi connectivity index (χ0v) is 13.9. The van der Waals surface area contributed by atoms with E-state index in [1.54, 1.807) is 14.2 Å². The number of likely N-dealkylation sites (N-methyl/N-ethyl adjacent to an activating group) is 1. The lowest BCUT2D eigenvalue weighted by Crippen LogP contribution is -2.48. The first-order chi connectivity index (χ1) is 10.2. The zero-order chi connectivity index (χ0) is 15.3. The molecule has 1 aliphatic carbocycles. The molecule has 21 heavy (non-hydrogen) atoms. The summed E-state index contributed by atoms with van der Waals surface area (Å²) < 4.78 is 10.8. The summed E-state index contributed by atoms with van der Waals surface area (Å²) >= 11 is 0. The highest BCUT2D eigenvalue weighted by atomic mass is 16.5. The first kappa shape index (κ1) is 16.2. The molecule has 3 heteroatoms. The molecule has 1 aliphatic rings. The second-order valence-electron chi connectivity index (χ2n) is 6.19. The van der Waals surface area contributed by atoms with Crippen molar-refractivity contribution in [2.24, 2.45) is 5.92 Å². The molecule has 2 rings (SSSR count). The molecule has 0 unspecified atom stereocenters. The van der Waals surface area contributed by atoms with Gasteiger partial charge in [-0.1, -0.05) is 32.8 Å². The van der Waals surface area contributed by atoms with Crippen molar-refractivity contribution in [3.05, 3.63) is 23.8 Å². The number of hydrogen-bond acceptors (Lipinski definition) is 3. The first-order valence-electron chi connectivity index (χ1n) is 8.12. The van der Waals surface area contributed by atoms with Gasteiger partial charge in [-0.15, -0.1) is 0 Å². The van der Waals surface area contributed by atoms with Gasteiger partial charge in [0, 0.05) is 12.0 Å². The molecule has 0 saturated heterocycles. The number of ether oxygens (including phenoxy) is 2. The average molecular weight is 291 g/mol. The molecule has 0 atom stereocenters. The van der Waals surface area contributed by atoms with Gasteiger partial charge in [-0.2, -0.15) is 0 Å². The van der Waals surface area contributed by atoms with Crippen molar-refractivity contribution in [3.63, 3.8) is 0 Å². The Bertz CT molecular complexity index is 453. The van der Waals surface area contributed by atoms with Crippen LogP contribution in [0.25, 0.3) is 0 Å². The maximum absolute atomic E-state index is 5.47. The third kappa shape index (κ3) is 3.34. The average Bonchev–Trinajstić information content (AvgIpc) is 2.48. The maximum Gasteiger partial charge on any atom is 0.161 e. The van der Waals surface area contributed by atoms with Crippen LogP contribution in [0.3, 0.4) is 0 Å². The number of rotatable bonds is 8. The summed E-state index contributed by atoms with van der Waals surface area (Å²) in [6, 6.07) is 6.41. The zero-order valence-electron chi connectivity index (χ0n) is 13.9. The number of nitrogens with one attached hydrogen (secondary N) is 1. The summed E-state index contributed by atoms with van der Waals surface area (Å²) in [5.74, 6) is 2.52. The van der Waals surface area contributed by atoms with Gasteiger partial charge in [-0.3, -0.25) is 0 Å². The highest BCUT2D eigenvalue weighted by molar-refractivity contribution is 5.46. The summed E-state index contributed by atoms with van der Waals surface area (Å²) in [4.78, 5) is 0. The molecule has 0 heterocycles. The van der Waals surface area contributed by atoms with Crippen LogP contribution in [-0.2, 0) is 5.41 Å². The SMILES string of the molecule is CCCC1CC(CNCC)(c2ccc(OC)c(OC)c2)C1. The van der Waals surface area contributed by atoms with Crippen molar-refractivity contribution in [2.75, 3.05) is 27.3 Å². The Labute approximate surface area is 129 Å². The normalized spacial score (nSPS) is 24.5. The first-order valence-corrected chi connectivity index (χ1v) is 8.12. The van der Waals surface area contributed by atoms with E-state index in [1.165, 1.54) is 31.2 Å². The lowest BCUT2D eigenvalue weighted by Gasteiger charge is -2.49. The number of methoxy groups -OCH3 is 2. The Kier molecular flexibility index (Phi) is 5.51. The highest BCUT2D eigenvalue weighted by Crippen LogP contribution is 2.50. The molecular formula is C18H29NO2. The summed E-state index contributed by atoms with van der Waals surface area (Å²) in [6.45, 7) is 6.53. The Hall–Kier alpha value is -1.22. The van der Waals surface area contributed by atoms with Crippen molar-refractivity contribution in [2.45, 2.75) is 44.9 Å². The van der Waals surface area contributed by atoms with Crippen molar-refractivity contribution >= 4 is 0 Å². The topological polar surface area (TPSA) is 30.5 Å². The molecule has 0 spiro atoms. The van der Waals surface area contributed by atoms with Gasteiger partial charge in [-0.25, -0.2) is 0 Å². The standard InChI is InChI=1S/C18H29NO2/c1-5-7-14-11-18(12-14,13-19-6-2)15-8-9-16(20-3)17(10-15)21-4/h8-10,14,19H,5-7,11-13H2,1-4H3. The van der Waals surface area contributed by atoms with E-state index in [1.807, 2.05) is 6.07 Å².